The second kappa shape index (κ2) is 9.26. The highest BCUT2D eigenvalue weighted by Crippen LogP contribution is 2.22. The van der Waals surface area contributed by atoms with Crippen LogP contribution >= 0.6 is 60.6 Å². The van der Waals surface area contributed by atoms with Gasteiger partial charge in [-0.1, -0.05) is 6.07 Å². The van der Waals surface area contributed by atoms with Crippen molar-refractivity contribution >= 4 is 60.6 Å². The van der Waals surface area contributed by atoms with E-state index >= 15 is 0 Å². The number of nitrogens with zero attached hydrogens (tertiary/aromatic N) is 3. The van der Waals surface area contributed by atoms with Crippen molar-refractivity contribution in [1.82, 2.24) is 18.9 Å². The second-order valence-corrected chi connectivity index (χ2v) is 7.91. The van der Waals surface area contributed by atoms with E-state index in [1.807, 2.05) is 0 Å². The van der Waals surface area contributed by atoms with Gasteiger partial charge in [-0.15, -0.1) is 0 Å². The Hall–Kier alpha value is 1.19. The number of nitrogens with one attached hydrogen (secondary N) is 1. The van der Waals surface area contributed by atoms with E-state index in [-0.39, 0.29) is 0 Å². The van der Waals surface area contributed by atoms with E-state index < -0.39 is 0 Å². The van der Waals surface area contributed by atoms with Crippen LogP contribution < -0.4 is 5.32 Å². The first-order valence-corrected chi connectivity index (χ1v) is 12.7. The lowest BCUT2D eigenvalue weighted by Crippen LogP contribution is -2.33. The molecule has 2 bridgehead atoms. The minimum absolute atomic E-state index is 0.903. The predicted octanol–water partition coefficient (Wildman–Crippen LogP) is 3.29. The third-order valence-electron chi connectivity index (χ3n) is 2.81. The molecule has 1 aromatic heterocycles. The molecule has 1 N–H and O–H groups in total. The molecule has 0 fully saturated rings. The summed E-state index contributed by atoms with van der Waals surface area (Å²) < 4.78 is 4.68. The van der Waals surface area contributed by atoms with Gasteiger partial charge in [-0.3, -0.25) is 4.98 Å². The van der Waals surface area contributed by atoms with Gasteiger partial charge < -0.3 is 5.32 Å². The monoisotopic (exact) mass is 522 g/mol. The second-order valence-electron chi connectivity index (χ2n) is 4.24. The van der Waals surface area contributed by atoms with E-state index in [0.29, 0.717) is 0 Å². The molecule has 0 aromatic carbocycles. The highest BCUT2D eigenvalue weighted by Gasteiger charge is 2.11. The van der Waals surface area contributed by atoms with Crippen molar-refractivity contribution in [3.63, 3.8) is 0 Å². The van der Waals surface area contributed by atoms with Gasteiger partial charge in [-0.05, 0) is 30.4 Å². The summed E-state index contributed by atoms with van der Waals surface area (Å²) in [6.45, 7) is 5.93. The number of aromatic nitrogens is 1. The Morgan fingerprint density at radius 2 is 1.53 bits per heavy atom. The average Bonchev–Trinajstić information content (AvgIpc) is 2.43. The number of fused-ring (bicyclic) bond motifs is 2. The molecule has 0 saturated heterocycles. The molecule has 4 nitrogen and oxygen atoms in total. The quantitative estimate of drug-likeness (QED) is 0.475. The average molecular weight is 522 g/mol. The molecule has 0 saturated carbocycles. The molecular weight excluding hydrogens is 506 g/mol. The van der Waals surface area contributed by atoms with Gasteiger partial charge in [0.25, 0.3) is 0 Å². The van der Waals surface area contributed by atoms with Crippen LogP contribution in [0.3, 0.4) is 0 Å². The van der Waals surface area contributed by atoms with Crippen LogP contribution in [0.15, 0.2) is 18.2 Å². The highest BCUT2D eigenvalue weighted by atomic mass is 127. The molecule has 2 rings (SSSR count). The van der Waals surface area contributed by atoms with Crippen LogP contribution in [0.4, 0.5) is 0 Å². The van der Waals surface area contributed by atoms with Crippen molar-refractivity contribution in [3.05, 3.63) is 29.6 Å². The standard InChI is InChI=1S/C11H16I2N4S2/c12-18-16-6-4-14-5-7-17(19-13)9-11-3-1-2-10(8-16)15-11/h1-3,14H,4-9H2. The van der Waals surface area contributed by atoms with Crippen LogP contribution in [0.2, 0.25) is 0 Å². The van der Waals surface area contributed by atoms with E-state index in [2.05, 4.69) is 74.5 Å². The van der Waals surface area contributed by atoms with E-state index in [4.69, 9.17) is 4.98 Å². The van der Waals surface area contributed by atoms with Gasteiger partial charge in [0.2, 0.25) is 0 Å². The molecule has 0 aliphatic carbocycles. The Labute approximate surface area is 147 Å². The molecule has 0 amide bonds. The van der Waals surface area contributed by atoms with E-state index in [0.717, 1.165) is 50.7 Å². The molecular formula is C11H16I2N4S2. The van der Waals surface area contributed by atoms with Crippen molar-refractivity contribution in [3.8, 4) is 0 Å². The topological polar surface area (TPSA) is 31.4 Å². The SMILES string of the molecule is ISN1CCNCCN(SI)Cc2cccc(n2)C1. The number of hydrogen-bond acceptors (Lipinski definition) is 6. The van der Waals surface area contributed by atoms with Gasteiger partial charge in [-0.2, -0.15) is 0 Å². The zero-order valence-electron chi connectivity index (χ0n) is 10.4. The Kier molecular flexibility index (Phi) is 8.07. The zero-order valence-corrected chi connectivity index (χ0v) is 16.3. The lowest BCUT2D eigenvalue weighted by molar-refractivity contribution is 0.412. The van der Waals surface area contributed by atoms with Crippen molar-refractivity contribution in [1.29, 1.82) is 0 Å². The Morgan fingerprint density at radius 3 is 2.00 bits per heavy atom. The smallest absolute Gasteiger partial charge is 0.0557 e. The number of hydrogen-bond donors (Lipinski definition) is 1. The van der Waals surface area contributed by atoms with Crippen molar-refractivity contribution in [2.24, 2.45) is 0 Å². The molecule has 0 radical (unpaired) electrons. The summed E-state index contributed by atoms with van der Waals surface area (Å²) in [5, 5.41) is 3.50. The van der Waals surface area contributed by atoms with Crippen LogP contribution in [0, 0.1) is 0 Å². The predicted molar refractivity (Wildman–Crippen MR) is 101 cm³/mol. The summed E-state index contributed by atoms with van der Waals surface area (Å²) in [5.41, 5.74) is 2.31. The van der Waals surface area contributed by atoms with Crippen LogP contribution in [-0.4, -0.2) is 39.8 Å². The molecule has 0 spiro atoms. The Balaban J connectivity index is 2.13. The molecule has 1 aliphatic rings. The maximum atomic E-state index is 4.77. The van der Waals surface area contributed by atoms with Gasteiger partial charge in [0.15, 0.2) is 0 Å². The third-order valence-corrected chi connectivity index (χ3v) is 7.17. The maximum Gasteiger partial charge on any atom is 0.0557 e. The first-order valence-electron chi connectivity index (χ1n) is 6.04. The minimum atomic E-state index is 0.903. The van der Waals surface area contributed by atoms with Gasteiger partial charge in [-0.25, -0.2) is 8.61 Å². The van der Waals surface area contributed by atoms with Gasteiger partial charge in [0.05, 0.1) is 24.5 Å². The highest BCUT2D eigenvalue weighted by molar-refractivity contribution is 14.2. The molecule has 1 aliphatic heterocycles. The Morgan fingerprint density at radius 1 is 1.00 bits per heavy atom. The Bertz CT molecular complexity index is 365. The first kappa shape index (κ1) is 16.6. The minimum Gasteiger partial charge on any atom is -0.314 e. The third kappa shape index (κ3) is 5.83. The van der Waals surface area contributed by atoms with Gasteiger partial charge in [0.1, 0.15) is 0 Å². The molecule has 8 heteroatoms. The van der Waals surface area contributed by atoms with E-state index in [1.165, 1.54) is 0 Å². The summed E-state index contributed by atoms with van der Waals surface area (Å²) >= 11 is 4.69. The fourth-order valence-electron chi connectivity index (χ4n) is 1.88. The van der Waals surface area contributed by atoms with Crippen molar-refractivity contribution < 1.29 is 0 Å². The van der Waals surface area contributed by atoms with Crippen LogP contribution in [0.1, 0.15) is 11.4 Å². The first-order chi connectivity index (χ1) is 9.31. The molecule has 19 heavy (non-hydrogen) atoms. The largest absolute Gasteiger partial charge is 0.314 e. The normalized spacial score (nSPS) is 19.7. The number of halogens is 2. The summed E-state index contributed by atoms with van der Waals surface area (Å²) in [6, 6.07) is 6.35. The summed E-state index contributed by atoms with van der Waals surface area (Å²) in [4.78, 5) is 4.77. The van der Waals surface area contributed by atoms with Crippen molar-refractivity contribution in [2.45, 2.75) is 13.1 Å². The molecule has 106 valence electrons. The van der Waals surface area contributed by atoms with Crippen LogP contribution in [-0.2, 0) is 13.1 Å². The number of rotatable bonds is 2. The molecule has 0 atom stereocenters. The summed E-state index contributed by atoms with van der Waals surface area (Å²) in [7, 11) is 3.52. The summed E-state index contributed by atoms with van der Waals surface area (Å²) in [6.07, 6.45) is 0. The number of pyridine rings is 1. The van der Waals surface area contributed by atoms with Crippen LogP contribution in [0.5, 0.6) is 0 Å². The van der Waals surface area contributed by atoms with E-state index in [1.54, 1.807) is 18.2 Å². The molecule has 2 heterocycles. The zero-order chi connectivity index (χ0) is 13.5. The fourth-order valence-corrected chi connectivity index (χ4v) is 4.58. The summed E-state index contributed by atoms with van der Waals surface area (Å²) in [5.74, 6) is 0. The maximum absolute atomic E-state index is 4.77. The van der Waals surface area contributed by atoms with Gasteiger partial charge in [0, 0.05) is 68.6 Å². The van der Waals surface area contributed by atoms with Crippen LogP contribution in [0.25, 0.3) is 0 Å². The van der Waals surface area contributed by atoms with Gasteiger partial charge >= 0.3 is 0 Å². The molecule has 0 unspecified atom stereocenters. The van der Waals surface area contributed by atoms with Crippen molar-refractivity contribution in [2.75, 3.05) is 26.2 Å². The lowest BCUT2D eigenvalue weighted by atomic mass is 10.3. The van der Waals surface area contributed by atoms with E-state index in [9.17, 15) is 0 Å². The molecule has 1 aromatic rings. The lowest BCUT2D eigenvalue weighted by Gasteiger charge is -2.22. The fraction of sp³-hybridized carbons (Fsp3) is 0.545.